The van der Waals surface area contributed by atoms with Crippen LogP contribution in [0.5, 0.6) is 0 Å². The molecule has 3 heterocycles. The molecule has 1 amide bonds. The lowest BCUT2D eigenvalue weighted by Crippen LogP contribution is -2.18. The van der Waals surface area contributed by atoms with E-state index in [2.05, 4.69) is 20.1 Å². The SMILES string of the molecule is Cc1ccc(Cl)cc1NC(=O)CSc1nnc(-c2cccs2)n1CC1CCCO1. The first-order chi connectivity index (χ1) is 14.1. The molecule has 152 valence electrons. The van der Waals surface area contributed by atoms with Crippen LogP contribution in [-0.4, -0.2) is 39.1 Å². The molecule has 6 nitrogen and oxygen atoms in total. The Morgan fingerprint density at radius 1 is 1.41 bits per heavy atom. The van der Waals surface area contributed by atoms with E-state index in [1.54, 1.807) is 23.5 Å². The smallest absolute Gasteiger partial charge is 0.234 e. The van der Waals surface area contributed by atoms with Gasteiger partial charge in [0.15, 0.2) is 11.0 Å². The van der Waals surface area contributed by atoms with Crippen LogP contribution in [-0.2, 0) is 16.1 Å². The minimum atomic E-state index is -0.107. The van der Waals surface area contributed by atoms with Gasteiger partial charge in [-0.2, -0.15) is 0 Å². The maximum Gasteiger partial charge on any atom is 0.234 e. The zero-order valence-corrected chi connectivity index (χ0v) is 18.3. The third kappa shape index (κ3) is 5.01. The minimum absolute atomic E-state index is 0.107. The molecule has 1 saturated heterocycles. The third-order valence-electron chi connectivity index (χ3n) is 4.67. The highest BCUT2D eigenvalue weighted by molar-refractivity contribution is 7.99. The molecule has 1 fully saturated rings. The van der Waals surface area contributed by atoms with Crippen molar-refractivity contribution in [2.45, 2.75) is 37.6 Å². The average molecular weight is 449 g/mol. The van der Waals surface area contributed by atoms with Gasteiger partial charge in [-0.15, -0.1) is 21.5 Å². The number of carbonyl (C=O) groups excluding carboxylic acids is 1. The van der Waals surface area contributed by atoms with Crippen LogP contribution >= 0.6 is 34.7 Å². The number of carbonyl (C=O) groups is 1. The highest BCUT2D eigenvalue weighted by atomic mass is 35.5. The van der Waals surface area contributed by atoms with Crippen LogP contribution < -0.4 is 5.32 Å². The van der Waals surface area contributed by atoms with Gasteiger partial charge in [0, 0.05) is 17.3 Å². The van der Waals surface area contributed by atoms with Crippen LogP contribution in [0.4, 0.5) is 5.69 Å². The van der Waals surface area contributed by atoms with Crippen molar-refractivity contribution in [2.75, 3.05) is 17.7 Å². The van der Waals surface area contributed by atoms with E-state index >= 15 is 0 Å². The monoisotopic (exact) mass is 448 g/mol. The molecule has 1 aliphatic heterocycles. The summed E-state index contributed by atoms with van der Waals surface area (Å²) in [4.78, 5) is 13.5. The Kier molecular flexibility index (Phi) is 6.54. The highest BCUT2D eigenvalue weighted by Gasteiger charge is 2.22. The van der Waals surface area contributed by atoms with Gasteiger partial charge >= 0.3 is 0 Å². The van der Waals surface area contributed by atoms with Crippen molar-refractivity contribution >= 4 is 46.3 Å². The number of ether oxygens (including phenoxy) is 1. The number of thioether (sulfide) groups is 1. The van der Waals surface area contributed by atoms with Gasteiger partial charge in [-0.1, -0.05) is 35.5 Å². The Hall–Kier alpha value is -1.87. The molecule has 0 saturated carbocycles. The van der Waals surface area contributed by atoms with Crippen molar-refractivity contribution in [3.8, 4) is 10.7 Å². The number of aromatic nitrogens is 3. The number of nitrogens with zero attached hydrogens (tertiary/aromatic N) is 3. The molecule has 9 heteroatoms. The molecule has 0 aliphatic carbocycles. The van der Waals surface area contributed by atoms with Crippen LogP contribution in [0.25, 0.3) is 10.7 Å². The summed E-state index contributed by atoms with van der Waals surface area (Å²) in [6.07, 6.45) is 2.26. The fraction of sp³-hybridized carbons (Fsp3) is 0.350. The van der Waals surface area contributed by atoms with Gasteiger partial charge in [-0.25, -0.2) is 0 Å². The summed E-state index contributed by atoms with van der Waals surface area (Å²) in [6, 6.07) is 9.48. The van der Waals surface area contributed by atoms with Gasteiger partial charge in [-0.05, 0) is 48.9 Å². The molecule has 0 bridgehead atoms. The first kappa shape index (κ1) is 20.4. The Bertz CT molecular complexity index is 985. The predicted octanol–water partition coefficient (Wildman–Crippen LogP) is 4.88. The molecule has 29 heavy (non-hydrogen) atoms. The number of hydrogen-bond acceptors (Lipinski definition) is 6. The molecule has 1 N–H and O–H groups in total. The summed E-state index contributed by atoms with van der Waals surface area (Å²) >= 11 is 9.04. The Labute approximate surface area is 182 Å². The number of amides is 1. The second-order valence-corrected chi connectivity index (χ2v) is 9.15. The summed E-state index contributed by atoms with van der Waals surface area (Å²) in [6.45, 7) is 3.42. The fourth-order valence-corrected chi connectivity index (χ4v) is 4.82. The van der Waals surface area contributed by atoms with Crippen LogP contribution in [0.3, 0.4) is 0 Å². The van der Waals surface area contributed by atoms with Crippen LogP contribution in [0, 0.1) is 6.92 Å². The number of anilines is 1. The Morgan fingerprint density at radius 2 is 2.31 bits per heavy atom. The molecule has 1 atom stereocenters. The zero-order chi connectivity index (χ0) is 20.2. The van der Waals surface area contributed by atoms with Crippen LogP contribution in [0.2, 0.25) is 5.02 Å². The second-order valence-electron chi connectivity index (χ2n) is 6.83. The largest absolute Gasteiger partial charge is 0.376 e. The van der Waals surface area contributed by atoms with Gasteiger partial charge in [0.05, 0.1) is 23.3 Å². The summed E-state index contributed by atoms with van der Waals surface area (Å²) in [5.41, 5.74) is 1.69. The van der Waals surface area contributed by atoms with Gasteiger partial charge < -0.3 is 10.1 Å². The molecule has 3 aromatic rings. The van der Waals surface area contributed by atoms with Crippen molar-refractivity contribution < 1.29 is 9.53 Å². The summed E-state index contributed by atoms with van der Waals surface area (Å²) in [5.74, 6) is 0.953. The molecular formula is C20H21ClN4O2S2. The van der Waals surface area contributed by atoms with Gasteiger partial charge in [0.1, 0.15) is 0 Å². The third-order valence-corrected chi connectivity index (χ3v) is 6.74. The lowest BCUT2D eigenvalue weighted by molar-refractivity contribution is -0.113. The molecule has 4 rings (SSSR count). The topological polar surface area (TPSA) is 69.0 Å². The van der Waals surface area contributed by atoms with Crippen molar-refractivity contribution in [1.82, 2.24) is 14.8 Å². The van der Waals surface area contributed by atoms with E-state index in [-0.39, 0.29) is 17.8 Å². The number of rotatable bonds is 7. The highest BCUT2D eigenvalue weighted by Crippen LogP contribution is 2.29. The molecule has 0 spiro atoms. The van der Waals surface area contributed by atoms with Crippen molar-refractivity contribution in [3.05, 3.63) is 46.3 Å². The van der Waals surface area contributed by atoms with E-state index < -0.39 is 0 Å². The van der Waals surface area contributed by atoms with Crippen molar-refractivity contribution in [3.63, 3.8) is 0 Å². The number of nitrogens with one attached hydrogen (secondary N) is 1. The fourth-order valence-electron chi connectivity index (χ4n) is 3.19. The molecule has 1 unspecified atom stereocenters. The standard InChI is InChI=1S/C20H21ClN4O2S2/c1-13-6-7-14(21)10-16(13)22-18(26)12-29-20-24-23-19(17-5-3-9-28-17)25(20)11-15-4-2-8-27-15/h3,5-7,9-10,15H,2,4,8,11-12H2,1H3,(H,22,26). The van der Waals surface area contributed by atoms with Crippen LogP contribution in [0.15, 0.2) is 40.9 Å². The summed E-state index contributed by atoms with van der Waals surface area (Å²) in [7, 11) is 0. The van der Waals surface area contributed by atoms with E-state index in [9.17, 15) is 4.79 Å². The van der Waals surface area contributed by atoms with E-state index in [1.807, 2.05) is 30.5 Å². The first-order valence-corrected chi connectivity index (χ1v) is 11.6. The number of thiophene rings is 1. The molecule has 1 aliphatic rings. The van der Waals surface area contributed by atoms with Gasteiger partial charge in [0.25, 0.3) is 0 Å². The minimum Gasteiger partial charge on any atom is -0.376 e. The summed E-state index contributed by atoms with van der Waals surface area (Å²) < 4.78 is 7.88. The summed E-state index contributed by atoms with van der Waals surface area (Å²) in [5, 5.41) is 15.0. The molecule has 1 aromatic carbocycles. The lowest BCUT2D eigenvalue weighted by atomic mass is 10.2. The second kappa shape index (κ2) is 9.30. The van der Waals surface area contributed by atoms with Gasteiger partial charge in [-0.3, -0.25) is 9.36 Å². The van der Waals surface area contributed by atoms with Crippen molar-refractivity contribution in [2.24, 2.45) is 0 Å². The number of hydrogen-bond donors (Lipinski definition) is 1. The van der Waals surface area contributed by atoms with Crippen LogP contribution in [0.1, 0.15) is 18.4 Å². The number of aryl methyl sites for hydroxylation is 1. The predicted molar refractivity (Wildman–Crippen MR) is 118 cm³/mol. The molecular weight excluding hydrogens is 428 g/mol. The molecule has 0 radical (unpaired) electrons. The van der Waals surface area contributed by atoms with E-state index in [0.717, 1.165) is 46.6 Å². The lowest BCUT2D eigenvalue weighted by Gasteiger charge is -2.14. The van der Waals surface area contributed by atoms with E-state index in [4.69, 9.17) is 16.3 Å². The maximum absolute atomic E-state index is 12.5. The number of benzene rings is 1. The Balaban J connectivity index is 1.47. The van der Waals surface area contributed by atoms with Gasteiger partial charge in [0.2, 0.25) is 5.91 Å². The quantitative estimate of drug-likeness (QED) is 0.522. The molecule has 2 aromatic heterocycles. The van der Waals surface area contributed by atoms with E-state index in [0.29, 0.717) is 11.6 Å². The Morgan fingerprint density at radius 3 is 3.07 bits per heavy atom. The van der Waals surface area contributed by atoms with E-state index in [1.165, 1.54) is 11.8 Å². The maximum atomic E-state index is 12.5. The normalized spacial score (nSPS) is 16.3. The zero-order valence-electron chi connectivity index (χ0n) is 15.9. The first-order valence-electron chi connectivity index (χ1n) is 9.37. The average Bonchev–Trinajstić information content (AvgIpc) is 3.45. The number of halogens is 1. The van der Waals surface area contributed by atoms with Crippen molar-refractivity contribution in [1.29, 1.82) is 0 Å².